The minimum absolute atomic E-state index is 0.151. The molecule has 5 rings (SSSR count). The number of hydrogen-bond donors (Lipinski definition) is 4. The highest BCUT2D eigenvalue weighted by Gasteiger charge is 2.71. The fourth-order valence-corrected chi connectivity index (χ4v) is 8.15. The quantitative estimate of drug-likeness (QED) is 0.162. The van der Waals surface area contributed by atoms with Gasteiger partial charge >= 0.3 is 17.9 Å². The highest BCUT2D eigenvalue weighted by Crippen LogP contribution is 2.66. The van der Waals surface area contributed by atoms with Crippen molar-refractivity contribution in [3.8, 4) is 0 Å². The minimum Gasteiger partial charge on any atom is -0.466 e. The summed E-state index contributed by atoms with van der Waals surface area (Å²) in [5, 5.41) is 34.6. The number of esters is 3. The Labute approximate surface area is 256 Å². The third kappa shape index (κ3) is 5.33. The Hall–Kier alpha value is -3.25. The number of aliphatic hydroxyl groups is 3. The molecule has 11 nitrogen and oxygen atoms in total. The van der Waals surface area contributed by atoms with Gasteiger partial charge in [-0.3, -0.25) is 0 Å². The Kier molecular flexibility index (Phi) is 8.97. The molecule has 0 bridgehead atoms. The zero-order valence-electron chi connectivity index (χ0n) is 25.9. The third-order valence-corrected chi connectivity index (χ3v) is 10.4. The van der Waals surface area contributed by atoms with Gasteiger partial charge in [-0.1, -0.05) is 32.1 Å². The maximum absolute atomic E-state index is 13.2. The summed E-state index contributed by atoms with van der Waals surface area (Å²) >= 11 is 0. The van der Waals surface area contributed by atoms with Gasteiger partial charge in [-0.25, -0.2) is 14.4 Å². The van der Waals surface area contributed by atoms with Crippen LogP contribution in [0.5, 0.6) is 0 Å². The lowest BCUT2D eigenvalue weighted by Gasteiger charge is -2.61. The first kappa shape index (κ1) is 32.2. The molecule has 240 valence electrons. The highest BCUT2D eigenvalue weighted by molar-refractivity contribution is 5.90. The molecule has 2 saturated carbocycles. The van der Waals surface area contributed by atoms with Crippen molar-refractivity contribution < 1.29 is 48.7 Å². The number of cyclic esters (lactones) is 1. The number of aliphatic hydroxyl groups excluding tert-OH is 2. The van der Waals surface area contributed by atoms with E-state index in [2.05, 4.69) is 9.72 Å². The van der Waals surface area contributed by atoms with Crippen LogP contribution in [0.15, 0.2) is 42.1 Å². The summed E-state index contributed by atoms with van der Waals surface area (Å²) in [6.45, 7) is 7.08. The molecule has 0 aromatic carbocycles. The molecule has 13 atom stereocenters. The van der Waals surface area contributed by atoms with E-state index in [4.69, 9.17) is 14.2 Å². The van der Waals surface area contributed by atoms with E-state index in [9.17, 15) is 29.7 Å². The van der Waals surface area contributed by atoms with Gasteiger partial charge in [-0.2, -0.15) is 0 Å². The molecule has 44 heavy (non-hydrogen) atoms. The summed E-state index contributed by atoms with van der Waals surface area (Å²) in [4.78, 5) is 40.6. The average Bonchev–Trinajstić information content (AvgIpc) is 3.53. The first-order valence-corrected chi connectivity index (χ1v) is 15.2. The number of methoxy groups -OCH3 is 2. The lowest BCUT2D eigenvalue weighted by atomic mass is 9.46. The Morgan fingerprint density at radius 3 is 2.59 bits per heavy atom. The summed E-state index contributed by atoms with van der Waals surface area (Å²) in [6.07, 6.45) is 6.09. The monoisotopic (exact) mass is 613 g/mol. The average molecular weight is 614 g/mol. The van der Waals surface area contributed by atoms with Gasteiger partial charge in [0.15, 0.2) is 6.10 Å². The molecule has 0 radical (unpaired) electrons. The summed E-state index contributed by atoms with van der Waals surface area (Å²) in [5.74, 6) is -4.19. The molecule has 2 heterocycles. The van der Waals surface area contributed by atoms with Gasteiger partial charge in [-0.15, -0.1) is 0 Å². The van der Waals surface area contributed by atoms with Gasteiger partial charge < -0.3 is 39.3 Å². The number of H-pyrrole nitrogens is 1. The van der Waals surface area contributed by atoms with Crippen LogP contribution in [0.4, 0.5) is 0 Å². The lowest BCUT2D eigenvalue weighted by molar-refractivity contribution is -0.186. The van der Waals surface area contributed by atoms with Crippen LogP contribution in [0.2, 0.25) is 0 Å². The number of aromatic nitrogens is 1. The Morgan fingerprint density at radius 2 is 1.93 bits per heavy atom. The van der Waals surface area contributed by atoms with Crippen LogP contribution in [0, 0.1) is 41.4 Å². The molecule has 0 spiro atoms. The fourth-order valence-electron chi connectivity index (χ4n) is 8.15. The number of allylic oxidation sites excluding steroid dienone is 1. The number of nitrogens with one attached hydrogen (secondary N) is 1. The van der Waals surface area contributed by atoms with Crippen LogP contribution >= 0.6 is 0 Å². The Morgan fingerprint density at radius 1 is 1.20 bits per heavy atom. The van der Waals surface area contributed by atoms with Crippen LogP contribution in [-0.2, 0) is 28.5 Å². The Bertz CT molecular complexity index is 1360. The summed E-state index contributed by atoms with van der Waals surface area (Å²) in [6, 6.07) is 1.57. The maximum Gasteiger partial charge on any atom is 0.355 e. The van der Waals surface area contributed by atoms with E-state index < -0.39 is 77.7 Å². The molecule has 0 saturated heterocycles. The van der Waals surface area contributed by atoms with Crippen molar-refractivity contribution in [2.75, 3.05) is 14.2 Å². The van der Waals surface area contributed by atoms with Crippen molar-refractivity contribution >= 4 is 24.0 Å². The molecule has 1 aliphatic heterocycles. The topological polar surface area (TPSA) is 165 Å². The number of carbonyl (C=O) groups is 3. The molecule has 1 aromatic heterocycles. The van der Waals surface area contributed by atoms with Crippen molar-refractivity contribution in [1.82, 2.24) is 4.98 Å². The van der Waals surface area contributed by atoms with Gasteiger partial charge in [0, 0.05) is 49.0 Å². The van der Waals surface area contributed by atoms with E-state index in [1.807, 2.05) is 39.0 Å². The van der Waals surface area contributed by atoms with Gasteiger partial charge in [0.25, 0.3) is 0 Å². The molecular weight excluding hydrogens is 570 g/mol. The molecule has 0 amide bonds. The molecule has 4 aliphatic rings. The fraction of sp³-hybridized carbons (Fsp3) is 0.606. The molecule has 11 heteroatoms. The van der Waals surface area contributed by atoms with E-state index in [-0.39, 0.29) is 29.9 Å². The van der Waals surface area contributed by atoms with Gasteiger partial charge in [0.05, 0.1) is 24.9 Å². The second-order valence-corrected chi connectivity index (χ2v) is 12.8. The Balaban J connectivity index is 1.44. The number of ether oxygens (including phenoxy) is 4. The predicted octanol–water partition coefficient (Wildman–Crippen LogP) is 2.43. The number of rotatable bonds is 6. The number of carbonyl (C=O) groups excluding carboxylic acids is 3. The zero-order valence-corrected chi connectivity index (χ0v) is 25.9. The van der Waals surface area contributed by atoms with Crippen molar-refractivity contribution in [3.63, 3.8) is 0 Å². The first-order chi connectivity index (χ1) is 20.8. The van der Waals surface area contributed by atoms with Gasteiger partial charge in [-0.05, 0) is 55.4 Å². The maximum atomic E-state index is 13.2. The van der Waals surface area contributed by atoms with Crippen LogP contribution in [0.3, 0.4) is 0 Å². The molecule has 2 fully saturated rings. The van der Waals surface area contributed by atoms with Crippen molar-refractivity contribution in [2.45, 2.75) is 70.2 Å². The zero-order chi connectivity index (χ0) is 32.1. The van der Waals surface area contributed by atoms with E-state index >= 15 is 0 Å². The van der Waals surface area contributed by atoms with Crippen LogP contribution in [0.1, 0.15) is 50.2 Å². The second-order valence-electron chi connectivity index (χ2n) is 12.8. The number of aromatic amines is 1. The van der Waals surface area contributed by atoms with Crippen LogP contribution in [-0.4, -0.2) is 88.6 Å². The first-order valence-electron chi connectivity index (χ1n) is 15.2. The molecule has 4 N–H and O–H groups in total. The van der Waals surface area contributed by atoms with Crippen molar-refractivity contribution in [3.05, 3.63) is 53.4 Å². The van der Waals surface area contributed by atoms with Gasteiger partial charge in [0.2, 0.25) is 0 Å². The normalized spacial score (nSPS) is 41.7. The molecule has 3 aliphatic carbocycles. The van der Waals surface area contributed by atoms with E-state index in [0.29, 0.717) is 11.1 Å². The largest absolute Gasteiger partial charge is 0.466 e. The van der Waals surface area contributed by atoms with Crippen molar-refractivity contribution in [2.24, 2.45) is 41.4 Å². The highest BCUT2D eigenvalue weighted by atomic mass is 16.6. The molecule has 3 unspecified atom stereocenters. The van der Waals surface area contributed by atoms with Crippen LogP contribution < -0.4 is 0 Å². The predicted molar refractivity (Wildman–Crippen MR) is 158 cm³/mol. The summed E-state index contributed by atoms with van der Waals surface area (Å²) in [7, 11) is 2.69. The smallest absolute Gasteiger partial charge is 0.355 e. The van der Waals surface area contributed by atoms with E-state index in [1.165, 1.54) is 26.4 Å². The number of fused-ring (bicyclic) bond motifs is 6. The third-order valence-electron chi connectivity index (χ3n) is 10.4. The summed E-state index contributed by atoms with van der Waals surface area (Å²) in [5.41, 5.74) is 0.0477. The number of hydrogen-bond acceptors (Lipinski definition) is 10. The molecular formula is C33H43NO10. The van der Waals surface area contributed by atoms with Gasteiger partial charge in [0.1, 0.15) is 17.9 Å². The second kappa shape index (κ2) is 12.3. The van der Waals surface area contributed by atoms with E-state index in [0.717, 1.165) is 0 Å². The lowest BCUT2D eigenvalue weighted by Crippen LogP contribution is -2.65. The SMILES string of the molecule is COC(=O)/C=C/c1c[nH]c(C(=O)O[C@@H]2[C@H](C)[C@@H](O)C3[C@@H]2[C@@H]2C=CC4C[C@H](OC)C(=O)O[C@H](C(C)O)[C@H](C)/C=C(\C)[C@@]4(O)[C@H]32)c1. The van der Waals surface area contributed by atoms with Crippen molar-refractivity contribution in [1.29, 1.82) is 0 Å². The summed E-state index contributed by atoms with van der Waals surface area (Å²) < 4.78 is 21.8. The molecule has 1 aromatic rings. The van der Waals surface area contributed by atoms with E-state index in [1.54, 1.807) is 19.2 Å². The minimum atomic E-state index is -1.42. The standard InChI is InChI=1S/C33H43NO10/c1-15-11-16(2)33(40)20(13-23(41-5)32(39)43-29(15)18(4)35)8-9-21-25-26(27(21)33)28(37)17(3)30(25)44-31(38)22-12-19(14-34-22)7-10-24(36)42-6/h7-12,14-15,17-18,20-21,23,25-30,34-35,37,40H,13H2,1-6H3/b10-7+,16-11+/t15-,17-,18?,20?,21+,23+,25+,26?,27+,28-,29+,30-,33+/m1/s1. The van der Waals surface area contributed by atoms with Crippen LogP contribution in [0.25, 0.3) is 6.08 Å².